The molecule has 1 atom stereocenters. The van der Waals surface area contributed by atoms with Crippen molar-refractivity contribution in [2.45, 2.75) is 19.4 Å². The molecule has 0 radical (unpaired) electrons. The molecule has 0 aromatic carbocycles. The highest BCUT2D eigenvalue weighted by Crippen LogP contribution is 2.16. The molecule has 0 saturated carbocycles. The second kappa shape index (κ2) is 6.11. The molecular formula is C15H18N4O3S. The standard InChI is InChI=1S/C15H18N4O3S/c1-12-11-23(21,22)9-3-7-18(12)15(20)13-4-6-16-14(10-13)19-8-2-5-17-19/h2,4-6,8,10,12H,3,7,9,11H2,1H3. The van der Waals surface area contributed by atoms with Crippen LogP contribution in [0.2, 0.25) is 0 Å². The van der Waals surface area contributed by atoms with E-state index in [2.05, 4.69) is 10.1 Å². The van der Waals surface area contributed by atoms with E-state index in [1.165, 1.54) is 0 Å². The third kappa shape index (κ3) is 3.42. The fourth-order valence-corrected chi connectivity index (χ4v) is 4.42. The van der Waals surface area contributed by atoms with E-state index in [9.17, 15) is 13.2 Å². The molecule has 1 fully saturated rings. The summed E-state index contributed by atoms with van der Waals surface area (Å²) in [4.78, 5) is 18.6. The van der Waals surface area contributed by atoms with Crippen molar-refractivity contribution < 1.29 is 13.2 Å². The van der Waals surface area contributed by atoms with E-state index in [1.54, 1.807) is 53.3 Å². The lowest BCUT2D eigenvalue weighted by Gasteiger charge is -2.26. The molecule has 0 spiro atoms. The van der Waals surface area contributed by atoms with Crippen molar-refractivity contribution in [2.75, 3.05) is 18.1 Å². The van der Waals surface area contributed by atoms with Crippen LogP contribution in [0.25, 0.3) is 5.82 Å². The molecule has 122 valence electrons. The van der Waals surface area contributed by atoms with Gasteiger partial charge in [-0.3, -0.25) is 4.79 Å². The minimum atomic E-state index is -3.08. The van der Waals surface area contributed by atoms with Crippen LogP contribution < -0.4 is 0 Å². The Balaban J connectivity index is 1.87. The van der Waals surface area contributed by atoms with Gasteiger partial charge in [0.2, 0.25) is 0 Å². The Bertz CT molecular complexity index is 802. The molecule has 7 nitrogen and oxygen atoms in total. The quantitative estimate of drug-likeness (QED) is 0.815. The van der Waals surface area contributed by atoms with Gasteiger partial charge in [0.15, 0.2) is 15.7 Å². The van der Waals surface area contributed by atoms with Crippen molar-refractivity contribution in [3.8, 4) is 5.82 Å². The van der Waals surface area contributed by atoms with E-state index in [-0.39, 0.29) is 23.5 Å². The number of amides is 1. The molecule has 1 amide bonds. The van der Waals surface area contributed by atoms with E-state index in [1.807, 2.05) is 0 Å². The Kier molecular flexibility index (Phi) is 4.16. The summed E-state index contributed by atoms with van der Waals surface area (Å²) in [6, 6.07) is 4.75. The van der Waals surface area contributed by atoms with Crippen LogP contribution in [-0.4, -0.2) is 58.1 Å². The van der Waals surface area contributed by atoms with Crippen LogP contribution in [0.15, 0.2) is 36.8 Å². The number of hydrogen-bond donors (Lipinski definition) is 0. The second-order valence-electron chi connectivity index (χ2n) is 5.67. The molecule has 1 aliphatic rings. The fourth-order valence-electron chi connectivity index (χ4n) is 2.76. The maximum absolute atomic E-state index is 12.8. The van der Waals surface area contributed by atoms with Crippen molar-refractivity contribution in [3.05, 3.63) is 42.4 Å². The SMILES string of the molecule is CC1CS(=O)(=O)CCCN1C(=O)c1ccnc(-n2cccn2)c1. The average molecular weight is 334 g/mol. The molecule has 0 N–H and O–H groups in total. The summed E-state index contributed by atoms with van der Waals surface area (Å²) in [5.41, 5.74) is 0.483. The first-order valence-corrected chi connectivity index (χ1v) is 9.26. The first kappa shape index (κ1) is 15.7. The lowest BCUT2D eigenvalue weighted by molar-refractivity contribution is 0.0712. The molecule has 2 aromatic heterocycles. The zero-order valence-corrected chi connectivity index (χ0v) is 13.6. The van der Waals surface area contributed by atoms with Crippen LogP contribution in [0.1, 0.15) is 23.7 Å². The zero-order valence-electron chi connectivity index (χ0n) is 12.8. The monoisotopic (exact) mass is 334 g/mol. The van der Waals surface area contributed by atoms with Crippen LogP contribution in [0.4, 0.5) is 0 Å². The van der Waals surface area contributed by atoms with Crippen molar-refractivity contribution in [2.24, 2.45) is 0 Å². The predicted molar refractivity (Wildman–Crippen MR) is 85.1 cm³/mol. The largest absolute Gasteiger partial charge is 0.335 e. The van der Waals surface area contributed by atoms with Gasteiger partial charge in [0.05, 0.1) is 11.5 Å². The summed E-state index contributed by atoms with van der Waals surface area (Å²) in [5, 5.41) is 4.10. The van der Waals surface area contributed by atoms with Gasteiger partial charge in [-0.1, -0.05) is 0 Å². The molecule has 3 rings (SSSR count). The van der Waals surface area contributed by atoms with Crippen molar-refractivity contribution in [1.82, 2.24) is 19.7 Å². The molecule has 23 heavy (non-hydrogen) atoms. The third-order valence-corrected chi connectivity index (χ3v) is 5.77. The molecule has 1 unspecified atom stereocenters. The maximum atomic E-state index is 12.8. The van der Waals surface area contributed by atoms with Crippen LogP contribution in [0.5, 0.6) is 0 Å². The number of hydrogen-bond acceptors (Lipinski definition) is 5. The van der Waals surface area contributed by atoms with Gasteiger partial charge in [-0.15, -0.1) is 0 Å². The van der Waals surface area contributed by atoms with Gasteiger partial charge in [-0.25, -0.2) is 18.1 Å². The minimum Gasteiger partial charge on any atom is -0.335 e. The number of sulfone groups is 1. The summed E-state index contributed by atoms with van der Waals surface area (Å²) in [6.07, 6.45) is 5.41. The molecule has 8 heteroatoms. The molecule has 0 aliphatic carbocycles. The molecule has 2 aromatic rings. The van der Waals surface area contributed by atoms with E-state index in [0.717, 1.165) is 0 Å². The van der Waals surface area contributed by atoms with Crippen LogP contribution in [0.3, 0.4) is 0 Å². The predicted octanol–water partition coefficient (Wildman–Crippen LogP) is 0.916. The molecule has 0 bridgehead atoms. The maximum Gasteiger partial charge on any atom is 0.254 e. The Labute approximate surface area is 134 Å². The van der Waals surface area contributed by atoms with Crippen molar-refractivity contribution in [1.29, 1.82) is 0 Å². The van der Waals surface area contributed by atoms with E-state index in [4.69, 9.17) is 0 Å². The van der Waals surface area contributed by atoms with Crippen molar-refractivity contribution >= 4 is 15.7 Å². The zero-order chi connectivity index (χ0) is 16.4. The molecule has 3 heterocycles. The smallest absolute Gasteiger partial charge is 0.254 e. The van der Waals surface area contributed by atoms with E-state index in [0.29, 0.717) is 24.3 Å². The number of nitrogens with zero attached hydrogens (tertiary/aromatic N) is 4. The van der Waals surface area contributed by atoms with Crippen LogP contribution in [-0.2, 0) is 9.84 Å². The normalized spacial score (nSPS) is 20.9. The number of pyridine rings is 1. The lowest BCUT2D eigenvalue weighted by Crippen LogP contribution is -2.40. The highest BCUT2D eigenvalue weighted by atomic mass is 32.2. The first-order valence-electron chi connectivity index (χ1n) is 7.44. The Morgan fingerprint density at radius 3 is 2.91 bits per heavy atom. The third-order valence-electron chi connectivity index (χ3n) is 3.87. The van der Waals surface area contributed by atoms with Crippen LogP contribution in [0, 0.1) is 0 Å². The number of carbonyl (C=O) groups excluding carboxylic acids is 1. The summed E-state index contributed by atoms with van der Waals surface area (Å²) >= 11 is 0. The highest BCUT2D eigenvalue weighted by molar-refractivity contribution is 7.91. The Morgan fingerprint density at radius 1 is 1.35 bits per heavy atom. The van der Waals surface area contributed by atoms with Gasteiger partial charge >= 0.3 is 0 Å². The van der Waals surface area contributed by atoms with E-state index < -0.39 is 9.84 Å². The van der Waals surface area contributed by atoms with Gasteiger partial charge in [-0.2, -0.15) is 5.10 Å². The summed E-state index contributed by atoms with van der Waals surface area (Å²) in [7, 11) is -3.08. The van der Waals surface area contributed by atoms with Gasteiger partial charge in [-0.05, 0) is 31.5 Å². The van der Waals surface area contributed by atoms with Crippen molar-refractivity contribution in [3.63, 3.8) is 0 Å². The summed E-state index contributed by atoms with van der Waals surface area (Å²) in [6.45, 7) is 2.22. The summed E-state index contributed by atoms with van der Waals surface area (Å²) in [5.74, 6) is 0.521. The number of aromatic nitrogens is 3. The molecular weight excluding hydrogens is 316 g/mol. The second-order valence-corrected chi connectivity index (χ2v) is 7.90. The minimum absolute atomic E-state index is 0.00976. The first-order chi connectivity index (χ1) is 11.0. The summed E-state index contributed by atoms with van der Waals surface area (Å²) < 4.78 is 25.2. The number of rotatable bonds is 2. The Hall–Kier alpha value is -2.22. The van der Waals surface area contributed by atoms with Gasteiger partial charge in [0, 0.05) is 36.7 Å². The molecule has 1 aliphatic heterocycles. The van der Waals surface area contributed by atoms with Crippen LogP contribution >= 0.6 is 0 Å². The van der Waals surface area contributed by atoms with E-state index >= 15 is 0 Å². The average Bonchev–Trinajstić information content (AvgIpc) is 3.00. The van der Waals surface area contributed by atoms with Gasteiger partial charge < -0.3 is 4.90 Å². The highest BCUT2D eigenvalue weighted by Gasteiger charge is 2.29. The topological polar surface area (TPSA) is 85.2 Å². The molecule has 1 saturated heterocycles. The lowest BCUT2D eigenvalue weighted by atomic mass is 10.2. The number of carbonyl (C=O) groups is 1. The fraction of sp³-hybridized carbons (Fsp3) is 0.400. The van der Waals surface area contributed by atoms with Gasteiger partial charge in [0.25, 0.3) is 5.91 Å². The van der Waals surface area contributed by atoms with Gasteiger partial charge in [0.1, 0.15) is 0 Å². The Morgan fingerprint density at radius 2 is 2.17 bits per heavy atom.